The Morgan fingerprint density at radius 3 is 2.22 bits per heavy atom. The lowest BCUT2D eigenvalue weighted by atomic mass is 10.1. The molecular formula is C18H22ClNO3. The zero-order chi connectivity index (χ0) is 16.8. The van der Waals surface area contributed by atoms with E-state index in [1.807, 2.05) is 30.3 Å². The van der Waals surface area contributed by atoms with E-state index in [0.29, 0.717) is 18.0 Å². The minimum atomic E-state index is 0.159. The van der Waals surface area contributed by atoms with Gasteiger partial charge in [-0.05, 0) is 30.7 Å². The average molecular weight is 336 g/mol. The highest BCUT2D eigenvalue weighted by molar-refractivity contribution is 6.30. The molecule has 0 aliphatic heterocycles. The fraction of sp³-hybridized carbons (Fsp3) is 0.333. The predicted molar refractivity (Wildman–Crippen MR) is 92.8 cm³/mol. The van der Waals surface area contributed by atoms with Gasteiger partial charge in [0.25, 0.3) is 0 Å². The molecule has 0 spiro atoms. The molecule has 0 aliphatic carbocycles. The Morgan fingerprint density at radius 2 is 1.61 bits per heavy atom. The second-order valence-corrected chi connectivity index (χ2v) is 5.61. The van der Waals surface area contributed by atoms with E-state index in [0.717, 1.165) is 21.9 Å². The molecule has 4 nitrogen and oxygen atoms in total. The largest absolute Gasteiger partial charge is 0.496 e. The molecule has 1 unspecified atom stereocenters. The molecule has 23 heavy (non-hydrogen) atoms. The minimum absolute atomic E-state index is 0.159. The number of nitrogens with one attached hydrogen (secondary N) is 1. The van der Waals surface area contributed by atoms with Gasteiger partial charge in [-0.15, -0.1) is 0 Å². The SMILES string of the molecule is COc1cc(OC)c(OC)cc1CNC(C)c1cccc(Cl)c1. The molecule has 1 atom stereocenters. The number of hydrogen-bond acceptors (Lipinski definition) is 4. The van der Waals surface area contributed by atoms with Crippen molar-refractivity contribution < 1.29 is 14.2 Å². The molecule has 0 saturated heterocycles. The van der Waals surface area contributed by atoms with Gasteiger partial charge >= 0.3 is 0 Å². The van der Waals surface area contributed by atoms with Gasteiger partial charge in [-0.3, -0.25) is 0 Å². The van der Waals surface area contributed by atoms with Gasteiger partial charge in [0.1, 0.15) is 5.75 Å². The van der Waals surface area contributed by atoms with Crippen LogP contribution < -0.4 is 19.5 Å². The number of rotatable bonds is 7. The molecule has 0 aliphatic rings. The zero-order valence-electron chi connectivity index (χ0n) is 13.9. The molecule has 0 fully saturated rings. The van der Waals surface area contributed by atoms with Crippen LogP contribution in [0.5, 0.6) is 17.2 Å². The summed E-state index contributed by atoms with van der Waals surface area (Å²) in [5.74, 6) is 2.09. The summed E-state index contributed by atoms with van der Waals surface area (Å²) < 4.78 is 16.1. The third-order valence-electron chi connectivity index (χ3n) is 3.73. The molecule has 0 bridgehead atoms. The van der Waals surface area contributed by atoms with Crippen molar-refractivity contribution in [3.8, 4) is 17.2 Å². The maximum Gasteiger partial charge on any atom is 0.164 e. The molecule has 0 heterocycles. The summed E-state index contributed by atoms with van der Waals surface area (Å²) in [5, 5.41) is 4.21. The normalized spacial score (nSPS) is 11.9. The van der Waals surface area contributed by atoms with E-state index in [1.165, 1.54) is 0 Å². The molecule has 0 amide bonds. The molecular weight excluding hydrogens is 314 g/mol. The van der Waals surface area contributed by atoms with Crippen molar-refractivity contribution in [1.29, 1.82) is 0 Å². The van der Waals surface area contributed by atoms with Crippen molar-refractivity contribution in [2.24, 2.45) is 0 Å². The lowest BCUT2D eigenvalue weighted by molar-refractivity contribution is 0.346. The second-order valence-electron chi connectivity index (χ2n) is 5.18. The predicted octanol–water partition coefficient (Wildman–Crippen LogP) is 4.22. The van der Waals surface area contributed by atoms with E-state index in [4.69, 9.17) is 25.8 Å². The fourth-order valence-electron chi connectivity index (χ4n) is 2.39. The minimum Gasteiger partial charge on any atom is -0.496 e. The molecule has 2 rings (SSSR count). The first-order chi connectivity index (χ1) is 11.1. The summed E-state index contributed by atoms with van der Waals surface area (Å²) in [6, 6.07) is 11.8. The van der Waals surface area contributed by atoms with Gasteiger partial charge in [-0.1, -0.05) is 23.7 Å². The Kier molecular flexibility index (Phi) is 6.13. The molecule has 1 N–H and O–H groups in total. The van der Waals surface area contributed by atoms with Crippen LogP contribution in [0.25, 0.3) is 0 Å². The van der Waals surface area contributed by atoms with Gasteiger partial charge in [-0.2, -0.15) is 0 Å². The molecule has 0 saturated carbocycles. The van der Waals surface area contributed by atoms with E-state index in [9.17, 15) is 0 Å². The number of benzene rings is 2. The topological polar surface area (TPSA) is 39.7 Å². The van der Waals surface area contributed by atoms with E-state index in [1.54, 1.807) is 21.3 Å². The summed E-state index contributed by atoms with van der Waals surface area (Å²) in [6.45, 7) is 2.73. The average Bonchev–Trinajstić information content (AvgIpc) is 2.58. The van der Waals surface area contributed by atoms with E-state index >= 15 is 0 Å². The van der Waals surface area contributed by atoms with Crippen molar-refractivity contribution in [3.05, 3.63) is 52.5 Å². The van der Waals surface area contributed by atoms with Crippen LogP contribution in [-0.4, -0.2) is 21.3 Å². The lowest BCUT2D eigenvalue weighted by Gasteiger charge is -2.18. The zero-order valence-corrected chi connectivity index (χ0v) is 14.6. The summed E-state index contributed by atoms with van der Waals surface area (Å²) in [6.07, 6.45) is 0. The Hall–Kier alpha value is -1.91. The fourth-order valence-corrected chi connectivity index (χ4v) is 2.59. The number of methoxy groups -OCH3 is 3. The van der Waals surface area contributed by atoms with E-state index in [2.05, 4.69) is 18.3 Å². The molecule has 2 aromatic rings. The van der Waals surface area contributed by atoms with Crippen LogP contribution in [0.4, 0.5) is 0 Å². The van der Waals surface area contributed by atoms with Crippen molar-refractivity contribution in [2.45, 2.75) is 19.5 Å². The Labute approximate surface area is 142 Å². The van der Waals surface area contributed by atoms with Crippen LogP contribution in [0.3, 0.4) is 0 Å². The van der Waals surface area contributed by atoms with E-state index < -0.39 is 0 Å². The van der Waals surface area contributed by atoms with Crippen molar-refractivity contribution in [3.63, 3.8) is 0 Å². The summed E-state index contributed by atoms with van der Waals surface area (Å²) in [4.78, 5) is 0. The first kappa shape index (κ1) is 17.4. The quantitative estimate of drug-likeness (QED) is 0.822. The van der Waals surface area contributed by atoms with Crippen LogP contribution in [0.15, 0.2) is 36.4 Å². The molecule has 0 radical (unpaired) electrons. The second kappa shape index (κ2) is 8.09. The van der Waals surface area contributed by atoms with Crippen molar-refractivity contribution in [1.82, 2.24) is 5.32 Å². The highest BCUT2D eigenvalue weighted by Crippen LogP contribution is 2.34. The van der Waals surface area contributed by atoms with Crippen molar-refractivity contribution in [2.75, 3.05) is 21.3 Å². The van der Waals surface area contributed by atoms with Crippen LogP contribution in [0.2, 0.25) is 5.02 Å². The Morgan fingerprint density at radius 1 is 0.957 bits per heavy atom. The van der Waals surface area contributed by atoms with Gasteiger partial charge in [0.2, 0.25) is 0 Å². The van der Waals surface area contributed by atoms with Gasteiger partial charge < -0.3 is 19.5 Å². The third-order valence-corrected chi connectivity index (χ3v) is 3.97. The Bertz CT molecular complexity index is 661. The summed E-state index contributed by atoms with van der Waals surface area (Å²) in [5.41, 5.74) is 2.14. The third kappa shape index (κ3) is 4.30. The molecule has 2 aromatic carbocycles. The van der Waals surface area contributed by atoms with Crippen LogP contribution >= 0.6 is 11.6 Å². The van der Waals surface area contributed by atoms with Gasteiger partial charge in [-0.25, -0.2) is 0 Å². The number of hydrogen-bond donors (Lipinski definition) is 1. The van der Waals surface area contributed by atoms with E-state index in [-0.39, 0.29) is 6.04 Å². The van der Waals surface area contributed by atoms with Crippen LogP contribution in [0.1, 0.15) is 24.1 Å². The number of ether oxygens (including phenoxy) is 3. The summed E-state index contributed by atoms with van der Waals surface area (Å²) >= 11 is 6.05. The molecule has 0 aromatic heterocycles. The maximum atomic E-state index is 6.05. The maximum absolute atomic E-state index is 6.05. The standard InChI is InChI=1S/C18H22ClNO3/c1-12(13-6-5-7-15(19)8-13)20-11-14-9-17(22-3)18(23-4)10-16(14)21-2/h5-10,12,20H,11H2,1-4H3. The first-order valence-corrected chi connectivity index (χ1v) is 7.74. The molecule has 5 heteroatoms. The highest BCUT2D eigenvalue weighted by Gasteiger charge is 2.13. The van der Waals surface area contributed by atoms with Gasteiger partial charge in [0, 0.05) is 29.2 Å². The van der Waals surface area contributed by atoms with Gasteiger partial charge in [0.15, 0.2) is 11.5 Å². The molecule has 124 valence electrons. The van der Waals surface area contributed by atoms with Crippen molar-refractivity contribution >= 4 is 11.6 Å². The van der Waals surface area contributed by atoms with Crippen LogP contribution in [0, 0.1) is 0 Å². The Balaban J connectivity index is 2.16. The summed E-state index contributed by atoms with van der Waals surface area (Å²) in [7, 11) is 4.87. The smallest absolute Gasteiger partial charge is 0.164 e. The van der Waals surface area contributed by atoms with Crippen LogP contribution in [-0.2, 0) is 6.54 Å². The van der Waals surface area contributed by atoms with Gasteiger partial charge in [0.05, 0.1) is 21.3 Å². The highest BCUT2D eigenvalue weighted by atomic mass is 35.5. The monoisotopic (exact) mass is 335 g/mol. The first-order valence-electron chi connectivity index (χ1n) is 7.36. The lowest BCUT2D eigenvalue weighted by Crippen LogP contribution is -2.18. The number of halogens is 1.